The van der Waals surface area contributed by atoms with Gasteiger partial charge in [0.1, 0.15) is 11.8 Å². The monoisotopic (exact) mass is 289 g/mol. The van der Waals surface area contributed by atoms with Crippen molar-refractivity contribution in [2.24, 2.45) is 0 Å². The molecule has 0 aliphatic rings. The van der Waals surface area contributed by atoms with Gasteiger partial charge in [-0.05, 0) is 30.5 Å². The first-order chi connectivity index (χ1) is 10.0. The number of unbranched alkanes of at least 4 members (excludes halogenated alkanes) is 2. The molecule has 112 valence electrons. The average Bonchev–Trinajstić information content (AvgIpc) is 2.45. The van der Waals surface area contributed by atoms with Crippen LogP contribution in [-0.4, -0.2) is 28.1 Å². The molecule has 0 saturated carbocycles. The summed E-state index contributed by atoms with van der Waals surface area (Å²) in [5.41, 5.74) is 0.729. The van der Waals surface area contributed by atoms with Crippen LogP contribution in [0.25, 0.3) is 0 Å². The standard InChI is InChI=1S/C16H19NO4/c1-2-3-4-5-6-15(19)17-14(16(20)21)11-12-7-9-13(18)10-8-12/h1,7-10,14,18H,3-6,11H2,(H,17,19)(H,20,21)/t14-/m1/s1. The van der Waals surface area contributed by atoms with Crippen LogP contribution in [-0.2, 0) is 16.0 Å². The molecule has 0 aliphatic carbocycles. The van der Waals surface area contributed by atoms with Crippen LogP contribution in [0.3, 0.4) is 0 Å². The minimum Gasteiger partial charge on any atom is -0.508 e. The molecule has 1 aromatic carbocycles. The topological polar surface area (TPSA) is 86.6 Å². The zero-order valence-electron chi connectivity index (χ0n) is 11.7. The molecular weight excluding hydrogens is 270 g/mol. The van der Waals surface area contributed by atoms with Crippen LogP contribution in [0.15, 0.2) is 24.3 Å². The second-order valence-corrected chi connectivity index (χ2v) is 4.74. The summed E-state index contributed by atoms with van der Waals surface area (Å²) in [4.78, 5) is 22.9. The molecule has 0 radical (unpaired) electrons. The number of benzene rings is 1. The summed E-state index contributed by atoms with van der Waals surface area (Å²) >= 11 is 0. The Morgan fingerprint density at radius 2 is 1.90 bits per heavy atom. The maximum atomic E-state index is 11.7. The van der Waals surface area contributed by atoms with Crippen molar-refractivity contribution in [1.82, 2.24) is 5.32 Å². The van der Waals surface area contributed by atoms with Crippen molar-refractivity contribution < 1.29 is 19.8 Å². The first kappa shape index (κ1) is 16.6. The Labute approximate surface area is 124 Å². The van der Waals surface area contributed by atoms with Crippen molar-refractivity contribution in [3.63, 3.8) is 0 Å². The van der Waals surface area contributed by atoms with Crippen LogP contribution < -0.4 is 5.32 Å². The van der Waals surface area contributed by atoms with E-state index >= 15 is 0 Å². The minimum absolute atomic E-state index is 0.114. The second-order valence-electron chi connectivity index (χ2n) is 4.74. The fourth-order valence-electron chi connectivity index (χ4n) is 1.85. The molecule has 0 bridgehead atoms. The fraction of sp³-hybridized carbons (Fsp3) is 0.375. The van der Waals surface area contributed by atoms with Crippen molar-refractivity contribution in [2.75, 3.05) is 0 Å². The van der Waals surface area contributed by atoms with Gasteiger partial charge in [-0.2, -0.15) is 0 Å². The molecule has 0 heterocycles. The molecule has 21 heavy (non-hydrogen) atoms. The number of carboxylic acids is 1. The molecule has 0 unspecified atom stereocenters. The van der Waals surface area contributed by atoms with Crippen molar-refractivity contribution >= 4 is 11.9 Å². The number of aromatic hydroxyl groups is 1. The number of phenols is 1. The third-order valence-corrected chi connectivity index (χ3v) is 2.98. The number of nitrogens with one attached hydrogen (secondary N) is 1. The van der Waals surface area contributed by atoms with Crippen LogP contribution in [0, 0.1) is 12.3 Å². The number of carbonyl (C=O) groups excluding carboxylic acids is 1. The van der Waals surface area contributed by atoms with Crippen molar-refractivity contribution in [3.05, 3.63) is 29.8 Å². The maximum Gasteiger partial charge on any atom is 0.326 e. The molecule has 1 aromatic rings. The summed E-state index contributed by atoms with van der Waals surface area (Å²) in [5, 5.41) is 20.8. The third kappa shape index (κ3) is 6.48. The van der Waals surface area contributed by atoms with E-state index in [1.165, 1.54) is 12.1 Å². The normalized spacial score (nSPS) is 11.4. The maximum absolute atomic E-state index is 11.7. The SMILES string of the molecule is C#CCCCCC(=O)N[C@H](Cc1ccc(O)cc1)C(=O)O. The van der Waals surface area contributed by atoms with Gasteiger partial charge in [-0.3, -0.25) is 4.79 Å². The van der Waals surface area contributed by atoms with Gasteiger partial charge in [0.2, 0.25) is 5.91 Å². The summed E-state index contributed by atoms with van der Waals surface area (Å²) in [5.74, 6) is 1.23. The number of amides is 1. The molecule has 0 spiro atoms. The molecule has 0 aliphatic heterocycles. The fourth-order valence-corrected chi connectivity index (χ4v) is 1.85. The Bertz CT molecular complexity index is 516. The molecule has 1 rings (SSSR count). The number of aliphatic carboxylic acids is 1. The predicted octanol–water partition coefficient (Wildman–Crippen LogP) is 1.70. The van der Waals surface area contributed by atoms with E-state index in [0.29, 0.717) is 12.8 Å². The molecule has 5 nitrogen and oxygen atoms in total. The Kier molecular flexibility index (Phi) is 6.82. The van der Waals surface area contributed by atoms with E-state index in [1.807, 2.05) is 0 Å². The van der Waals surface area contributed by atoms with E-state index < -0.39 is 12.0 Å². The molecule has 0 aromatic heterocycles. The zero-order valence-corrected chi connectivity index (χ0v) is 11.7. The van der Waals surface area contributed by atoms with Gasteiger partial charge >= 0.3 is 5.97 Å². The van der Waals surface area contributed by atoms with Crippen LogP contribution >= 0.6 is 0 Å². The number of carbonyl (C=O) groups is 2. The number of hydrogen-bond acceptors (Lipinski definition) is 3. The summed E-state index contributed by atoms with van der Waals surface area (Å²) < 4.78 is 0. The average molecular weight is 289 g/mol. The van der Waals surface area contributed by atoms with Gasteiger partial charge < -0.3 is 15.5 Å². The minimum atomic E-state index is -1.08. The number of hydrogen-bond donors (Lipinski definition) is 3. The highest BCUT2D eigenvalue weighted by Gasteiger charge is 2.20. The molecule has 1 amide bonds. The quantitative estimate of drug-likeness (QED) is 0.502. The van der Waals surface area contributed by atoms with E-state index in [2.05, 4.69) is 11.2 Å². The van der Waals surface area contributed by atoms with Gasteiger partial charge in [0.15, 0.2) is 0 Å². The van der Waals surface area contributed by atoms with E-state index in [4.69, 9.17) is 11.5 Å². The summed E-state index contributed by atoms with van der Waals surface area (Å²) in [6, 6.07) is 5.25. The lowest BCUT2D eigenvalue weighted by Gasteiger charge is -2.14. The van der Waals surface area contributed by atoms with E-state index in [9.17, 15) is 14.7 Å². The Balaban J connectivity index is 2.50. The predicted molar refractivity (Wildman–Crippen MR) is 78.7 cm³/mol. The largest absolute Gasteiger partial charge is 0.508 e. The number of carboxylic acid groups (broad SMARTS) is 1. The molecular formula is C16H19NO4. The molecule has 5 heteroatoms. The summed E-state index contributed by atoms with van der Waals surface area (Å²) in [6.07, 6.45) is 7.56. The summed E-state index contributed by atoms with van der Waals surface area (Å²) in [7, 11) is 0. The highest BCUT2D eigenvalue weighted by atomic mass is 16.4. The number of terminal acetylenes is 1. The van der Waals surface area contributed by atoms with Crippen molar-refractivity contribution in [3.8, 4) is 18.1 Å². The zero-order chi connectivity index (χ0) is 15.7. The first-order valence-electron chi connectivity index (χ1n) is 6.76. The number of rotatable bonds is 8. The lowest BCUT2D eigenvalue weighted by molar-refractivity contribution is -0.141. The second kappa shape index (κ2) is 8.64. The molecule has 0 saturated heterocycles. The smallest absolute Gasteiger partial charge is 0.326 e. The van der Waals surface area contributed by atoms with E-state index in [0.717, 1.165) is 12.0 Å². The molecule has 1 atom stereocenters. The van der Waals surface area contributed by atoms with Crippen LogP contribution in [0.1, 0.15) is 31.2 Å². The first-order valence-corrected chi connectivity index (χ1v) is 6.76. The van der Waals surface area contributed by atoms with E-state index in [1.54, 1.807) is 12.1 Å². The van der Waals surface area contributed by atoms with Crippen LogP contribution in [0.5, 0.6) is 5.75 Å². The Morgan fingerprint density at radius 1 is 1.24 bits per heavy atom. The van der Waals surface area contributed by atoms with Gasteiger partial charge in [0, 0.05) is 19.3 Å². The molecule has 3 N–H and O–H groups in total. The number of phenolic OH excluding ortho intramolecular Hbond substituents is 1. The van der Waals surface area contributed by atoms with Crippen molar-refractivity contribution in [1.29, 1.82) is 0 Å². The Hall–Kier alpha value is -2.48. The van der Waals surface area contributed by atoms with Gasteiger partial charge in [-0.25, -0.2) is 4.79 Å². The van der Waals surface area contributed by atoms with Gasteiger partial charge in [-0.1, -0.05) is 12.1 Å². The summed E-state index contributed by atoms with van der Waals surface area (Å²) in [6.45, 7) is 0. The van der Waals surface area contributed by atoms with Crippen molar-refractivity contribution in [2.45, 2.75) is 38.1 Å². The van der Waals surface area contributed by atoms with Crippen LogP contribution in [0.2, 0.25) is 0 Å². The third-order valence-electron chi connectivity index (χ3n) is 2.98. The van der Waals surface area contributed by atoms with Gasteiger partial charge in [0.05, 0.1) is 0 Å². The highest BCUT2D eigenvalue weighted by molar-refractivity contribution is 5.83. The van der Waals surface area contributed by atoms with Crippen LogP contribution in [0.4, 0.5) is 0 Å². The highest BCUT2D eigenvalue weighted by Crippen LogP contribution is 2.11. The van der Waals surface area contributed by atoms with Gasteiger partial charge in [-0.15, -0.1) is 12.3 Å². The lowest BCUT2D eigenvalue weighted by atomic mass is 10.1. The molecule has 0 fully saturated rings. The van der Waals surface area contributed by atoms with E-state index in [-0.39, 0.29) is 24.5 Å². The van der Waals surface area contributed by atoms with Gasteiger partial charge in [0.25, 0.3) is 0 Å². The Morgan fingerprint density at radius 3 is 2.48 bits per heavy atom. The lowest BCUT2D eigenvalue weighted by Crippen LogP contribution is -2.42.